The lowest BCUT2D eigenvalue weighted by Crippen LogP contribution is -2.28. The van der Waals surface area contributed by atoms with Crippen molar-refractivity contribution >= 4 is 40.7 Å². The molecule has 0 bridgehead atoms. The molecule has 4 nitrogen and oxygen atoms in total. The topological polar surface area (TPSA) is 66.4 Å². The number of hydrogen-bond acceptors (Lipinski definition) is 4. The van der Waals surface area contributed by atoms with E-state index in [9.17, 15) is 9.59 Å². The summed E-state index contributed by atoms with van der Waals surface area (Å²) in [6.07, 6.45) is 3.11. The molecule has 2 heterocycles. The van der Waals surface area contributed by atoms with Gasteiger partial charge in [-0.1, -0.05) is 6.42 Å². The molecule has 0 aromatic carbocycles. The number of anilines is 1. The van der Waals surface area contributed by atoms with Gasteiger partial charge in [0, 0.05) is 0 Å². The van der Waals surface area contributed by atoms with E-state index < -0.39 is 5.97 Å². The summed E-state index contributed by atoms with van der Waals surface area (Å²) in [5, 5.41) is 13.6. The first-order chi connectivity index (χ1) is 8.59. The molecule has 1 aliphatic heterocycles. The van der Waals surface area contributed by atoms with Crippen LogP contribution in [0.1, 0.15) is 34.5 Å². The molecule has 1 fully saturated rings. The first-order valence-electron chi connectivity index (χ1n) is 5.83. The van der Waals surface area contributed by atoms with Crippen molar-refractivity contribution in [3.63, 3.8) is 0 Å². The molecule has 0 saturated carbocycles. The summed E-state index contributed by atoms with van der Waals surface area (Å²) in [4.78, 5) is 23.3. The summed E-state index contributed by atoms with van der Waals surface area (Å²) in [6.45, 7) is 1.81. The predicted molar refractivity (Wildman–Crippen MR) is 74.7 cm³/mol. The van der Waals surface area contributed by atoms with E-state index in [0.29, 0.717) is 5.69 Å². The number of carbonyl (C=O) groups excluding carboxylic acids is 1. The Balaban J connectivity index is 2.10. The molecule has 1 aromatic rings. The highest BCUT2D eigenvalue weighted by Gasteiger charge is 2.24. The van der Waals surface area contributed by atoms with Crippen molar-refractivity contribution in [3.05, 3.63) is 15.8 Å². The van der Waals surface area contributed by atoms with E-state index in [-0.39, 0.29) is 16.0 Å². The summed E-state index contributed by atoms with van der Waals surface area (Å²) in [7, 11) is 0. The third-order valence-corrected chi connectivity index (χ3v) is 5.35. The van der Waals surface area contributed by atoms with Crippen molar-refractivity contribution in [1.29, 1.82) is 0 Å². The highest BCUT2D eigenvalue weighted by molar-refractivity contribution is 8.00. The summed E-state index contributed by atoms with van der Waals surface area (Å²) >= 11 is 2.81. The fraction of sp³-hybridized carbons (Fsp3) is 0.500. The molecule has 1 aliphatic rings. The number of amides is 1. The third kappa shape index (κ3) is 2.87. The van der Waals surface area contributed by atoms with Crippen LogP contribution in [0.25, 0.3) is 0 Å². The van der Waals surface area contributed by atoms with E-state index in [1.54, 1.807) is 17.1 Å². The minimum absolute atomic E-state index is 0.0419. The van der Waals surface area contributed by atoms with Gasteiger partial charge in [0.15, 0.2) is 0 Å². The number of hydrogen-bond donors (Lipinski definition) is 2. The molecule has 1 unspecified atom stereocenters. The second-order valence-electron chi connectivity index (χ2n) is 4.27. The summed E-state index contributed by atoms with van der Waals surface area (Å²) < 4.78 is 0. The van der Waals surface area contributed by atoms with E-state index >= 15 is 0 Å². The number of nitrogens with one attached hydrogen (secondary N) is 1. The lowest BCUT2D eigenvalue weighted by Gasteiger charge is -2.20. The van der Waals surface area contributed by atoms with Crippen molar-refractivity contribution < 1.29 is 14.7 Å². The number of rotatable bonds is 3. The van der Waals surface area contributed by atoms with Crippen molar-refractivity contribution in [1.82, 2.24) is 0 Å². The van der Waals surface area contributed by atoms with E-state index in [0.717, 1.165) is 41.9 Å². The van der Waals surface area contributed by atoms with Crippen LogP contribution in [0, 0.1) is 6.92 Å². The number of thiophene rings is 1. The molecule has 6 heteroatoms. The number of thioether (sulfide) groups is 1. The maximum absolute atomic E-state index is 12.1. The van der Waals surface area contributed by atoms with Crippen LogP contribution in [0.2, 0.25) is 0 Å². The van der Waals surface area contributed by atoms with Crippen LogP contribution in [0.5, 0.6) is 0 Å². The molecule has 1 atom stereocenters. The largest absolute Gasteiger partial charge is 0.477 e. The van der Waals surface area contributed by atoms with Crippen LogP contribution >= 0.6 is 23.1 Å². The lowest BCUT2D eigenvalue weighted by atomic mass is 10.1. The Morgan fingerprint density at radius 3 is 2.83 bits per heavy atom. The molecule has 0 aliphatic carbocycles. The molecule has 18 heavy (non-hydrogen) atoms. The van der Waals surface area contributed by atoms with Crippen LogP contribution in [-0.2, 0) is 4.79 Å². The van der Waals surface area contributed by atoms with Crippen molar-refractivity contribution in [2.45, 2.75) is 31.4 Å². The molecule has 2 N–H and O–H groups in total. The molecule has 2 rings (SSSR count). The zero-order valence-electron chi connectivity index (χ0n) is 10.1. The normalized spacial score (nSPS) is 19.5. The monoisotopic (exact) mass is 285 g/mol. The van der Waals surface area contributed by atoms with Gasteiger partial charge in [0.2, 0.25) is 5.91 Å². The van der Waals surface area contributed by atoms with Gasteiger partial charge in [0.05, 0.1) is 10.9 Å². The van der Waals surface area contributed by atoms with Crippen LogP contribution in [0.15, 0.2) is 5.38 Å². The molecule has 98 valence electrons. The number of aromatic carboxylic acids is 1. The Kier molecular flexibility index (Phi) is 4.29. The summed E-state index contributed by atoms with van der Waals surface area (Å²) in [6, 6.07) is 0. The standard InChI is InChI=1S/C12H15NO3S2/c1-7-6-18-10(12(15)16)9(7)13-11(14)8-4-2-3-5-17-8/h6,8H,2-5H2,1H3,(H,13,14)(H,15,16). The van der Waals surface area contributed by atoms with E-state index in [2.05, 4.69) is 5.32 Å². The van der Waals surface area contributed by atoms with Gasteiger partial charge < -0.3 is 10.4 Å². The van der Waals surface area contributed by atoms with Crippen LogP contribution in [0.4, 0.5) is 5.69 Å². The minimum atomic E-state index is -0.986. The first-order valence-corrected chi connectivity index (χ1v) is 7.76. The quantitative estimate of drug-likeness (QED) is 0.896. The van der Waals surface area contributed by atoms with Gasteiger partial charge in [0.25, 0.3) is 0 Å². The van der Waals surface area contributed by atoms with Gasteiger partial charge in [-0.15, -0.1) is 23.1 Å². The molecule has 0 spiro atoms. The fourth-order valence-electron chi connectivity index (χ4n) is 1.91. The van der Waals surface area contributed by atoms with Crippen molar-refractivity contribution in [2.24, 2.45) is 0 Å². The highest BCUT2D eigenvalue weighted by atomic mass is 32.2. The number of aryl methyl sites for hydroxylation is 1. The predicted octanol–water partition coefficient (Wildman–Crippen LogP) is 2.98. The molecule has 0 radical (unpaired) electrons. The Morgan fingerprint density at radius 1 is 1.44 bits per heavy atom. The van der Waals surface area contributed by atoms with Crippen LogP contribution in [-0.4, -0.2) is 28.0 Å². The Hall–Kier alpha value is -1.01. The zero-order chi connectivity index (χ0) is 13.1. The van der Waals surface area contributed by atoms with Crippen LogP contribution < -0.4 is 5.32 Å². The molecule has 1 amide bonds. The maximum atomic E-state index is 12.1. The minimum Gasteiger partial charge on any atom is -0.477 e. The first kappa shape index (κ1) is 13.4. The highest BCUT2D eigenvalue weighted by Crippen LogP contribution is 2.30. The van der Waals surface area contributed by atoms with E-state index in [1.165, 1.54) is 0 Å². The number of carboxylic acids is 1. The number of carboxylic acid groups (broad SMARTS) is 1. The SMILES string of the molecule is Cc1csc(C(=O)O)c1NC(=O)C1CCCCS1. The molecule has 1 saturated heterocycles. The smallest absolute Gasteiger partial charge is 0.348 e. The Morgan fingerprint density at radius 2 is 2.22 bits per heavy atom. The maximum Gasteiger partial charge on any atom is 0.348 e. The van der Waals surface area contributed by atoms with Gasteiger partial charge in [-0.2, -0.15) is 0 Å². The molecular formula is C12H15NO3S2. The van der Waals surface area contributed by atoms with Crippen LogP contribution in [0.3, 0.4) is 0 Å². The second kappa shape index (κ2) is 5.75. The zero-order valence-corrected chi connectivity index (χ0v) is 11.7. The average Bonchev–Trinajstić information content (AvgIpc) is 2.72. The summed E-state index contributed by atoms with van der Waals surface area (Å²) in [5.74, 6) is -0.0460. The Bertz CT molecular complexity index is 464. The average molecular weight is 285 g/mol. The van der Waals surface area contributed by atoms with Gasteiger partial charge in [-0.25, -0.2) is 4.79 Å². The Labute approximate surface area is 114 Å². The van der Waals surface area contributed by atoms with Gasteiger partial charge in [0.1, 0.15) is 4.88 Å². The number of carbonyl (C=O) groups is 2. The second-order valence-corrected chi connectivity index (χ2v) is 6.46. The molecule has 1 aromatic heterocycles. The fourth-order valence-corrected chi connectivity index (χ4v) is 3.95. The van der Waals surface area contributed by atoms with E-state index in [1.807, 2.05) is 6.92 Å². The van der Waals surface area contributed by atoms with Crippen molar-refractivity contribution in [3.8, 4) is 0 Å². The van der Waals surface area contributed by atoms with Gasteiger partial charge >= 0.3 is 5.97 Å². The summed E-state index contributed by atoms with van der Waals surface area (Å²) in [5.41, 5.74) is 1.27. The molecular weight excluding hydrogens is 270 g/mol. The van der Waals surface area contributed by atoms with Crippen molar-refractivity contribution in [2.75, 3.05) is 11.1 Å². The van der Waals surface area contributed by atoms with Gasteiger partial charge in [-0.05, 0) is 36.5 Å². The lowest BCUT2D eigenvalue weighted by molar-refractivity contribution is -0.115. The van der Waals surface area contributed by atoms with Gasteiger partial charge in [-0.3, -0.25) is 4.79 Å². The van der Waals surface area contributed by atoms with E-state index in [4.69, 9.17) is 5.11 Å². The third-order valence-electron chi connectivity index (χ3n) is 2.89.